The van der Waals surface area contributed by atoms with E-state index in [0.29, 0.717) is 17.8 Å². The molecule has 168 valence electrons. The third-order valence-electron chi connectivity index (χ3n) is 5.68. The monoisotopic (exact) mass is 482 g/mol. The van der Waals surface area contributed by atoms with Gasteiger partial charge >= 0.3 is 0 Å². The number of hydrogen-bond acceptors (Lipinski definition) is 6. The summed E-state index contributed by atoms with van der Waals surface area (Å²) < 4.78 is 48.0. The Morgan fingerprint density at radius 3 is 2.61 bits per heavy atom. The summed E-state index contributed by atoms with van der Waals surface area (Å²) in [6.45, 7) is 2.69. The van der Waals surface area contributed by atoms with E-state index in [0.717, 1.165) is 38.3 Å². The molecule has 2 saturated heterocycles. The van der Waals surface area contributed by atoms with Crippen LogP contribution in [0.4, 0.5) is 5.69 Å². The number of anilines is 1. The van der Waals surface area contributed by atoms with Crippen molar-refractivity contribution in [3.63, 3.8) is 0 Å². The number of hydrogen-bond donors (Lipinski definition) is 3. The number of fused-ring (bicyclic) bond motifs is 2. The lowest BCUT2D eigenvalue weighted by Gasteiger charge is -2.29. The molecule has 0 aliphatic carbocycles. The second-order valence-corrected chi connectivity index (χ2v) is 10.8. The van der Waals surface area contributed by atoms with E-state index in [-0.39, 0.29) is 15.8 Å². The molecule has 7 nitrogen and oxygen atoms in total. The van der Waals surface area contributed by atoms with Crippen molar-refractivity contribution in [2.45, 2.75) is 45.7 Å². The number of nitrogens with zero attached hydrogens (tertiary/aromatic N) is 1. The van der Waals surface area contributed by atoms with Gasteiger partial charge in [0.1, 0.15) is 0 Å². The van der Waals surface area contributed by atoms with Gasteiger partial charge in [0.2, 0.25) is 0 Å². The van der Waals surface area contributed by atoms with Gasteiger partial charge in [-0.3, -0.25) is 4.90 Å². The van der Waals surface area contributed by atoms with E-state index < -0.39 is 22.2 Å². The topological polar surface area (TPSA) is 99.1 Å². The van der Waals surface area contributed by atoms with Crippen LogP contribution >= 0.6 is 11.8 Å². The fourth-order valence-electron chi connectivity index (χ4n) is 4.08. The van der Waals surface area contributed by atoms with Gasteiger partial charge in [-0.1, -0.05) is 18.2 Å². The normalized spacial score (nSPS) is 23.5. The molecule has 3 N–H and O–H groups in total. The number of rotatable bonds is 10. The molecule has 0 aromatic heterocycles. The third-order valence-corrected chi connectivity index (χ3v) is 8.22. The Balaban J connectivity index is 1.47. The average Bonchev–Trinajstić information content (AvgIpc) is 3.39. The molecule has 10 heteroatoms. The Kier molecular flexibility index (Phi) is 7.81. The van der Waals surface area contributed by atoms with Gasteiger partial charge in [0.05, 0.1) is 28.2 Å². The molecule has 2 fully saturated rings. The molecular formula is C21H26N2O5S3. The molecule has 3 unspecified atom stereocenters. The second-order valence-electron chi connectivity index (χ2n) is 7.75. The SMILES string of the molecule is O=S(O)c1ccc(N[C@H](CCN2CC3C[C@@H]2CO3)CSc2ccccc2)c(S(=O)O)c1. The molecule has 0 saturated carbocycles. The van der Waals surface area contributed by atoms with Crippen LogP contribution in [0.25, 0.3) is 0 Å². The summed E-state index contributed by atoms with van der Waals surface area (Å²) >= 11 is -2.74. The minimum atomic E-state index is -2.27. The summed E-state index contributed by atoms with van der Waals surface area (Å²) in [5, 5.41) is 3.42. The third kappa shape index (κ3) is 5.95. The molecule has 4 rings (SSSR count). The number of thioether (sulfide) groups is 1. The number of morpholine rings is 1. The molecule has 0 radical (unpaired) electrons. The number of likely N-dealkylation sites (tertiary alicyclic amines) is 1. The molecule has 2 aliphatic rings. The predicted molar refractivity (Wildman–Crippen MR) is 123 cm³/mol. The first-order valence-electron chi connectivity index (χ1n) is 10.2. The van der Waals surface area contributed by atoms with Gasteiger partial charge in [-0.15, -0.1) is 11.8 Å². The zero-order chi connectivity index (χ0) is 21.8. The highest BCUT2D eigenvalue weighted by Gasteiger charge is 2.38. The number of ether oxygens (including phenoxy) is 1. The van der Waals surface area contributed by atoms with Gasteiger partial charge in [-0.2, -0.15) is 0 Å². The van der Waals surface area contributed by atoms with Crippen molar-refractivity contribution in [1.82, 2.24) is 4.90 Å². The first-order valence-corrected chi connectivity index (χ1v) is 13.4. The quantitative estimate of drug-likeness (QED) is 0.351. The van der Waals surface area contributed by atoms with Gasteiger partial charge in [0, 0.05) is 35.8 Å². The average molecular weight is 483 g/mol. The van der Waals surface area contributed by atoms with Crippen molar-refractivity contribution in [3.8, 4) is 0 Å². The fourth-order valence-corrected chi connectivity index (χ4v) is 6.09. The zero-order valence-corrected chi connectivity index (χ0v) is 19.3. The van der Waals surface area contributed by atoms with Crippen LogP contribution in [-0.2, 0) is 26.9 Å². The Labute approximate surface area is 191 Å². The highest BCUT2D eigenvalue weighted by molar-refractivity contribution is 7.99. The van der Waals surface area contributed by atoms with Gasteiger partial charge < -0.3 is 19.2 Å². The Hall–Kier alpha value is -1.27. The maximum absolute atomic E-state index is 11.9. The minimum Gasteiger partial charge on any atom is -0.380 e. The Morgan fingerprint density at radius 2 is 1.97 bits per heavy atom. The van der Waals surface area contributed by atoms with E-state index in [2.05, 4.69) is 22.3 Å². The van der Waals surface area contributed by atoms with Crippen molar-refractivity contribution in [2.75, 3.05) is 30.8 Å². The minimum absolute atomic E-state index is 0.0537. The molecule has 0 spiro atoms. The van der Waals surface area contributed by atoms with Gasteiger partial charge in [0.15, 0.2) is 22.2 Å². The molecule has 31 heavy (non-hydrogen) atoms. The lowest BCUT2D eigenvalue weighted by Crippen LogP contribution is -2.39. The lowest BCUT2D eigenvalue weighted by molar-refractivity contribution is 0.0299. The van der Waals surface area contributed by atoms with Crippen LogP contribution in [0.3, 0.4) is 0 Å². The smallest absolute Gasteiger partial charge is 0.188 e. The molecule has 2 heterocycles. The first-order chi connectivity index (χ1) is 15.0. The van der Waals surface area contributed by atoms with Gasteiger partial charge in [0.25, 0.3) is 0 Å². The highest BCUT2D eigenvalue weighted by Crippen LogP contribution is 2.29. The summed E-state index contributed by atoms with van der Waals surface area (Å²) in [5.41, 5.74) is 0.514. The molecule has 2 bridgehead atoms. The van der Waals surface area contributed by atoms with Gasteiger partial charge in [-0.05, 0) is 43.2 Å². The number of nitrogens with one attached hydrogen (secondary N) is 1. The van der Waals surface area contributed by atoms with E-state index in [1.165, 1.54) is 17.0 Å². The van der Waals surface area contributed by atoms with E-state index in [9.17, 15) is 17.5 Å². The summed E-state index contributed by atoms with van der Waals surface area (Å²) in [6.07, 6.45) is 2.32. The van der Waals surface area contributed by atoms with Crippen molar-refractivity contribution in [2.24, 2.45) is 0 Å². The molecule has 5 atom stereocenters. The van der Waals surface area contributed by atoms with Crippen molar-refractivity contribution in [1.29, 1.82) is 0 Å². The van der Waals surface area contributed by atoms with Crippen molar-refractivity contribution in [3.05, 3.63) is 48.5 Å². The molecule has 2 aliphatic heterocycles. The van der Waals surface area contributed by atoms with E-state index in [1.54, 1.807) is 17.8 Å². The molecular weight excluding hydrogens is 456 g/mol. The van der Waals surface area contributed by atoms with Crippen molar-refractivity contribution < 1.29 is 22.3 Å². The van der Waals surface area contributed by atoms with Crippen LogP contribution in [0.15, 0.2) is 63.2 Å². The Morgan fingerprint density at radius 1 is 1.16 bits per heavy atom. The van der Waals surface area contributed by atoms with Gasteiger partial charge in [-0.25, -0.2) is 8.42 Å². The summed E-state index contributed by atoms with van der Waals surface area (Å²) in [7, 11) is 0. The predicted octanol–water partition coefficient (Wildman–Crippen LogP) is 3.28. The van der Waals surface area contributed by atoms with Crippen LogP contribution in [0.5, 0.6) is 0 Å². The fraction of sp³-hybridized carbons (Fsp3) is 0.429. The first kappa shape index (κ1) is 22.9. The van der Waals surface area contributed by atoms with Crippen LogP contribution in [0.2, 0.25) is 0 Å². The van der Waals surface area contributed by atoms with E-state index in [1.807, 2.05) is 18.2 Å². The van der Waals surface area contributed by atoms with Crippen molar-refractivity contribution >= 4 is 39.6 Å². The molecule has 0 amide bonds. The number of benzene rings is 2. The van der Waals surface area contributed by atoms with E-state index in [4.69, 9.17) is 4.74 Å². The van der Waals surface area contributed by atoms with Crippen LogP contribution < -0.4 is 5.32 Å². The Bertz CT molecular complexity index is 946. The zero-order valence-electron chi connectivity index (χ0n) is 16.9. The van der Waals surface area contributed by atoms with E-state index >= 15 is 0 Å². The lowest BCUT2D eigenvalue weighted by atomic mass is 10.2. The standard InChI is InChI=1S/C21H26N2O5S3/c24-30(25)19-6-7-20(21(11-19)31(26)27)22-15(14-29-18-4-2-1-3-5-18)8-9-23-12-17-10-16(23)13-28-17/h1-7,11,15-17,22H,8-10,12-14H2,(H,24,25)(H,26,27)/t15-,16-,17?/m1/s1. The largest absolute Gasteiger partial charge is 0.380 e. The second kappa shape index (κ2) is 10.6. The summed E-state index contributed by atoms with van der Waals surface area (Å²) in [4.78, 5) is 3.86. The summed E-state index contributed by atoms with van der Waals surface area (Å²) in [6, 6.07) is 15.1. The molecule has 2 aromatic carbocycles. The molecule has 2 aromatic rings. The highest BCUT2D eigenvalue weighted by atomic mass is 32.2. The summed E-state index contributed by atoms with van der Waals surface area (Å²) in [5.74, 6) is 0.785. The maximum atomic E-state index is 11.9. The van der Waals surface area contributed by atoms with Crippen LogP contribution in [-0.4, -0.2) is 66.1 Å². The maximum Gasteiger partial charge on any atom is 0.188 e. The van der Waals surface area contributed by atoms with Crippen LogP contribution in [0.1, 0.15) is 12.8 Å². The van der Waals surface area contributed by atoms with Crippen LogP contribution in [0, 0.1) is 0 Å².